The Morgan fingerprint density at radius 1 is 1.32 bits per heavy atom. The fraction of sp³-hybridized carbons (Fsp3) is 0.947. The Kier molecular flexibility index (Phi) is 6.74. The molecule has 146 valence electrons. The highest BCUT2D eigenvalue weighted by Gasteiger charge is 2.48. The predicted octanol–water partition coefficient (Wildman–Crippen LogP) is 2.50. The van der Waals surface area contributed by atoms with E-state index in [0.29, 0.717) is 11.5 Å². The molecule has 0 aromatic carbocycles. The number of carbonyl (C=O) groups excluding carboxylic acids is 1. The molecule has 2 rings (SSSR count). The number of nitrogens with zero attached hydrogens (tertiary/aromatic N) is 2. The summed E-state index contributed by atoms with van der Waals surface area (Å²) in [4.78, 5) is 16.5. The minimum absolute atomic E-state index is 0.0652. The van der Waals surface area contributed by atoms with Crippen LogP contribution in [0.3, 0.4) is 0 Å². The quantitative estimate of drug-likeness (QED) is 0.792. The lowest BCUT2D eigenvalue weighted by molar-refractivity contribution is -0.0638. The van der Waals surface area contributed by atoms with Gasteiger partial charge in [0.25, 0.3) is 0 Å². The summed E-state index contributed by atoms with van der Waals surface area (Å²) in [6.45, 7) is 11.3. The fourth-order valence-electron chi connectivity index (χ4n) is 4.10. The first-order valence-corrected chi connectivity index (χ1v) is 9.57. The Labute approximate surface area is 152 Å². The highest BCUT2D eigenvalue weighted by atomic mass is 16.6. The van der Waals surface area contributed by atoms with Crippen molar-refractivity contribution in [3.63, 3.8) is 0 Å². The van der Waals surface area contributed by atoms with Gasteiger partial charge in [0.15, 0.2) is 0 Å². The topological polar surface area (TPSA) is 62.2 Å². The Morgan fingerprint density at radius 2 is 1.92 bits per heavy atom. The van der Waals surface area contributed by atoms with Crippen LogP contribution in [0.4, 0.5) is 4.79 Å². The number of likely N-dealkylation sites (tertiary alicyclic amines) is 1. The van der Waals surface area contributed by atoms with E-state index in [0.717, 1.165) is 39.0 Å². The van der Waals surface area contributed by atoms with E-state index in [9.17, 15) is 9.90 Å². The Balaban J connectivity index is 1.79. The van der Waals surface area contributed by atoms with E-state index < -0.39 is 5.60 Å². The molecule has 6 heteroatoms. The average molecular weight is 357 g/mol. The van der Waals surface area contributed by atoms with Crippen LogP contribution in [0.2, 0.25) is 0 Å². The van der Waals surface area contributed by atoms with Gasteiger partial charge in [-0.15, -0.1) is 0 Å². The first-order chi connectivity index (χ1) is 11.7. The molecule has 0 aromatic heterocycles. The number of aliphatic hydroxyl groups excluding tert-OH is 1. The van der Waals surface area contributed by atoms with Gasteiger partial charge >= 0.3 is 6.09 Å². The van der Waals surface area contributed by atoms with Crippen molar-refractivity contribution in [1.82, 2.24) is 9.80 Å². The zero-order valence-electron chi connectivity index (χ0n) is 16.6. The molecule has 2 aliphatic rings. The maximum absolute atomic E-state index is 12.2. The van der Waals surface area contributed by atoms with E-state index >= 15 is 0 Å². The minimum Gasteiger partial charge on any atom is -0.444 e. The van der Waals surface area contributed by atoms with Crippen LogP contribution < -0.4 is 0 Å². The van der Waals surface area contributed by atoms with Crippen molar-refractivity contribution in [2.45, 2.75) is 71.1 Å². The number of ether oxygens (including phenoxy) is 2. The number of rotatable bonds is 6. The zero-order valence-corrected chi connectivity index (χ0v) is 16.6. The van der Waals surface area contributed by atoms with Gasteiger partial charge in [-0.2, -0.15) is 0 Å². The maximum atomic E-state index is 12.2. The van der Waals surface area contributed by atoms with Gasteiger partial charge in [-0.3, -0.25) is 4.90 Å². The molecule has 0 radical (unpaired) electrons. The summed E-state index contributed by atoms with van der Waals surface area (Å²) in [6, 6.07) is 0.572. The van der Waals surface area contributed by atoms with Crippen molar-refractivity contribution in [2.75, 3.05) is 39.9 Å². The molecular weight excluding hydrogens is 320 g/mol. The lowest BCUT2D eigenvalue weighted by Crippen LogP contribution is -2.57. The van der Waals surface area contributed by atoms with Crippen LogP contribution in [-0.4, -0.2) is 78.6 Å². The molecule has 1 N–H and O–H groups in total. The van der Waals surface area contributed by atoms with Gasteiger partial charge < -0.3 is 19.5 Å². The molecular formula is C19H36N2O4. The third kappa shape index (κ3) is 5.31. The second-order valence-corrected chi connectivity index (χ2v) is 8.66. The maximum Gasteiger partial charge on any atom is 0.410 e. The molecule has 1 saturated carbocycles. The van der Waals surface area contributed by atoms with E-state index in [4.69, 9.17) is 9.47 Å². The van der Waals surface area contributed by atoms with Crippen molar-refractivity contribution in [2.24, 2.45) is 5.41 Å². The normalized spacial score (nSPS) is 22.1. The second kappa shape index (κ2) is 8.23. The molecule has 1 amide bonds. The van der Waals surface area contributed by atoms with E-state index in [1.165, 1.54) is 12.8 Å². The highest BCUT2D eigenvalue weighted by molar-refractivity contribution is 5.68. The number of aliphatic hydroxyl groups is 1. The summed E-state index contributed by atoms with van der Waals surface area (Å²) in [5.74, 6) is 0. The molecule has 1 aliphatic carbocycles. The first kappa shape index (κ1) is 20.5. The van der Waals surface area contributed by atoms with Gasteiger partial charge in [-0.05, 0) is 58.4 Å². The third-order valence-corrected chi connectivity index (χ3v) is 5.71. The smallest absolute Gasteiger partial charge is 0.410 e. The van der Waals surface area contributed by atoms with Crippen LogP contribution >= 0.6 is 0 Å². The van der Waals surface area contributed by atoms with E-state index in [-0.39, 0.29) is 18.8 Å². The molecule has 1 spiro atoms. The van der Waals surface area contributed by atoms with Crippen LogP contribution in [0.25, 0.3) is 0 Å². The molecule has 1 saturated heterocycles. The monoisotopic (exact) mass is 356 g/mol. The number of hydrogen-bond donors (Lipinski definition) is 1. The SMILES string of the molecule is CCN(CC(CO)OC)C1CC2(CCN(C(=O)OC(C)(C)C)CC2)C1. The summed E-state index contributed by atoms with van der Waals surface area (Å²) in [5, 5.41) is 9.35. The number of methoxy groups -OCH3 is 1. The van der Waals surface area contributed by atoms with Crippen LogP contribution in [0.1, 0.15) is 53.4 Å². The number of hydrogen-bond acceptors (Lipinski definition) is 5. The Hall–Kier alpha value is -0.850. The molecule has 0 aromatic rings. The number of carbonyl (C=O) groups is 1. The number of amides is 1. The molecule has 6 nitrogen and oxygen atoms in total. The Morgan fingerprint density at radius 3 is 2.36 bits per heavy atom. The van der Waals surface area contributed by atoms with Crippen molar-refractivity contribution < 1.29 is 19.4 Å². The molecule has 1 atom stereocenters. The molecule has 1 aliphatic heterocycles. The molecule has 2 fully saturated rings. The van der Waals surface area contributed by atoms with Gasteiger partial charge in [-0.1, -0.05) is 6.92 Å². The van der Waals surface area contributed by atoms with E-state index in [1.807, 2.05) is 25.7 Å². The van der Waals surface area contributed by atoms with Crippen molar-refractivity contribution >= 4 is 6.09 Å². The van der Waals surface area contributed by atoms with E-state index in [2.05, 4.69) is 11.8 Å². The fourth-order valence-corrected chi connectivity index (χ4v) is 4.10. The van der Waals surface area contributed by atoms with Crippen molar-refractivity contribution in [3.05, 3.63) is 0 Å². The molecule has 25 heavy (non-hydrogen) atoms. The Bertz CT molecular complexity index is 429. The summed E-state index contributed by atoms with van der Waals surface area (Å²) in [6.07, 6.45) is 4.21. The first-order valence-electron chi connectivity index (χ1n) is 9.57. The van der Waals surface area contributed by atoms with Gasteiger partial charge in [0, 0.05) is 32.8 Å². The predicted molar refractivity (Wildman–Crippen MR) is 97.6 cm³/mol. The van der Waals surface area contributed by atoms with Crippen molar-refractivity contribution in [1.29, 1.82) is 0 Å². The molecule has 0 bridgehead atoms. The summed E-state index contributed by atoms with van der Waals surface area (Å²) < 4.78 is 10.8. The summed E-state index contributed by atoms with van der Waals surface area (Å²) in [7, 11) is 1.66. The lowest BCUT2D eigenvalue weighted by atomic mass is 9.60. The van der Waals surface area contributed by atoms with Crippen LogP contribution in [0, 0.1) is 5.41 Å². The van der Waals surface area contributed by atoms with Crippen LogP contribution in [-0.2, 0) is 9.47 Å². The average Bonchev–Trinajstić information content (AvgIpc) is 2.53. The summed E-state index contributed by atoms with van der Waals surface area (Å²) >= 11 is 0. The summed E-state index contributed by atoms with van der Waals surface area (Å²) in [5.41, 5.74) is -0.0433. The van der Waals surface area contributed by atoms with Crippen LogP contribution in [0.15, 0.2) is 0 Å². The standard InChI is InChI=1S/C19H36N2O4/c1-6-20(13-16(14-22)24-5)15-11-19(12-15)7-9-21(10-8-19)17(23)25-18(2,3)4/h15-16,22H,6-14H2,1-5H3. The molecule has 1 heterocycles. The third-order valence-electron chi connectivity index (χ3n) is 5.71. The largest absolute Gasteiger partial charge is 0.444 e. The van der Waals surface area contributed by atoms with Gasteiger partial charge in [0.1, 0.15) is 5.60 Å². The zero-order chi connectivity index (χ0) is 18.7. The number of likely N-dealkylation sites (N-methyl/N-ethyl adjacent to an activating group) is 1. The van der Waals surface area contributed by atoms with Crippen molar-refractivity contribution in [3.8, 4) is 0 Å². The minimum atomic E-state index is -0.431. The lowest BCUT2D eigenvalue weighted by Gasteiger charge is -2.55. The number of piperidine rings is 1. The van der Waals surface area contributed by atoms with Gasteiger partial charge in [0.2, 0.25) is 0 Å². The highest BCUT2D eigenvalue weighted by Crippen LogP contribution is 2.51. The van der Waals surface area contributed by atoms with Gasteiger partial charge in [-0.25, -0.2) is 4.79 Å². The van der Waals surface area contributed by atoms with Crippen LogP contribution in [0.5, 0.6) is 0 Å². The van der Waals surface area contributed by atoms with E-state index in [1.54, 1.807) is 7.11 Å². The molecule has 1 unspecified atom stereocenters. The van der Waals surface area contributed by atoms with Gasteiger partial charge in [0.05, 0.1) is 12.7 Å². The second-order valence-electron chi connectivity index (χ2n) is 8.66.